The summed E-state index contributed by atoms with van der Waals surface area (Å²) in [6.07, 6.45) is 0. The number of amidine groups is 1. The van der Waals surface area contributed by atoms with Crippen LogP contribution in [0.2, 0.25) is 0 Å². The number of nitrogens with zero attached hydrogens (tertiary/aromatic N) is 4. The van der Waals surface area contributed by atoms with Crippen LogP contribution in [0.1, 0.15) is 6.92 Å². The topological polar surface area (TPSA) is 59.1 Å². The Hall–Kier alpha value is -1.30. The normalized spacial score (nSPS) is 19.1. The van der Waals surface area contributed by atoms with Gasteiger partial charge in [-0.25, -0.2) is 14.8 Å². The third-order valence-electron chi connectivity index (χ3n) is 1.40. The molecule has 0 aromatic heterocycles. The summed E-state index contributed by atoms with van der Waals surface area (Å²) in [6.45, 7) is 1.53. The molecule has 1 aliphatic rings. The summed E-state index contributed by atoms with van der Waals surface area (Å²) in [5, 5.41) is 17.1. The number of carbonyl (C=O) groups excluding carboxylic acids is 1. The number of carbonyl (C=O) groups is 1. The van der Waals surface area contributed by atoms with Crippen molar-refractivity contribution in [2.45, 2.75) is 6.92 Å². The summed E-state index contributed by atoms with van der Waals surface area (Å²) < 4.78 is 0. The second-order valence-electron chi connectivity index (χ2n) is 2.25. The van der Waals surface area contributed by atoms with Gasteiger partial charge in [-0.15, -0.1) is 5.17 Å². The number of rotatable bonds is 0. The minimum Gasteiger partial charge on any atom is -0.244 e. The summed E-state index contributed by atoms with van der Waals surface area (Å²) in [7, 11) is 2.89. The van der Waals surface area contributed by atoms with E-state index < -0.39 is 6.03 Å². The highest BCUT2D eigenvalue weighted by Gasteiger charge is 2.26. The lowest BCUT2D eigenvalue weighted by atomic mass is 10.6. The maximum absolute atomic E-state index is 11.0. The Kier molecular flexibility index (Phi) is 1.69. The standard InChI is InChI=1S/C5H9N4O2/c1-4-6-7(2)5(10)8(3)9(4)11/h1-3H3. The molecule has 11 heavy (non-hydrogen) atoms. The lowest BCUT2D eigenvalue weighted by molar-refractivity contribution is -0.208. The fraction of sp³-hybridized carbons (Fsp3) is 0.600. The highest BCUT2D eigenvalue weighted by Crippen LogP contribution is 2.06. The Labute approximate surface area is 64.2 Å². The van der Waals surface area contributed by atoms with Crippen LogP contribution in [-0.2, 0) is 5.21 Å². The van der Waals surface area contributed by atoms with Gasteiger partial charge in [0.1, 0.15) is 0 Å². The zero-order chi connectivity index (χ0) is 8.59. The molecule has 1 heterocycles. The SMILES string of the molecule is CC1=NN(C)C(=O)N(C)N1[O]. The first kappa shape index (κ1) is 7.80. The maximum atomic E-state index is 11.0. The van der Waals surface area contributed by atoms with Crippen LogP contribution in [0.15, 0.2) is 5.10 Å². The molecule has 1 rings (SSSR count). The van der Waals surface area contributed by atoms with Gasteiger partial charge >= 0.3 is 6.03 Å². The Balaban J connectivity index is 2.92. The maximum Gasteiger partial charge on any atom is 0.360 e. The molecule has 1 radical (unpaired) electrons. The van der Waals surface area contributed by atoms with Gasteiger partial charge in [0.2, 0.25) is 0 Å². The number of hydroxylamine groups is 1. The quantitative estimate of drug-likeness (QED) is 0.492. The Morgan fingerprint density at radius 1 is 1.36 bits per heavy atom. The monoisotopic (exact) mass is 157 g/mol. The average Bonchev–Trinajstić information content (AvgIpc) is 1.97. The zero-order valence-corrected chi connectivity index (χ0v) is 6.61. The van der Waals surface area contributed by atoms with Crippen molar-refractivity contribution in [1.82, 2.24) is 15.2 Å². The van der Waals surface area contributed by atoms with Crippen molar-refractivity contribution in [3.05, 3.63) is 0 Å². The number of hydrazone groups is 1. The molecule has 61 valence electrons. The third kappa shape index (κ3) is 1.12. The molecule has 0 spiro atoms. The van der Waals surface area contributed by atoms with Crippen LogP contribution < -0.4 is 0 Å². The van der Waals surface area contributed by atoms with E-state index in [0.29, 0.717) is 5.17 Å². The van der Waals surface area contributed by atoms with Crippen molar-refractivity contribution in [3.8, 4) is 0 Å². The molecule has 6 nitrogen and oxygen atoms in total. The van der Waals surface area contributed by atoms with E-state index in [2.05, 4.69) is 5.10 Å². The average molecular weight is 157 g/mol. The van der Waals surface area contributed by atoms with Gasteiger partial charge in [0.05, 0.1) is 0 Å². The van der Waals surface area contributed by atoms with Crippen LogP contribution >= 0.6 is 0 Å². The smallest absolute Gasteiger partial charge is 0.244 e. The molecule has 0 bridgehead atoms. The lowest BCUT2D eigenvalue weighted by Crippen LogP contribution is -2.52. The predicted octanol–water partition coefficient (Wildman–Crippen LogP) is -0.121. The predicted molar refractivity (Wildman–Crippen MR) is 36.6 cm³/mol. The van der Waals surface area contributed by atoms with E-state index in [-0.39, 0.29) is 5.84 Å². The summed E-state index contributed by atoms with van der Waals surface area (Å²) >= 11 is 0. The molecule has 6 heteroatoms. The van der Waals surface area contributed by atoms with Gasteiger partial charge in [0, 0.05) is 14.1 Å². The van der Waals surface area contributed by atoms with Crippen LogP contribution in [0, 0.1) is 0 Å². The summed E-state index contributed by atoms with van der Waals surface area (Å²) in [4.78, 5) is 11.0. The van der Waals surface area contributed by atoms with E-state index in [1.165, 1.54) is 21.0 Å². The van der Waals surface area contributed by atoms with Gasteiger partial charge in [-0.05, 0) is 6.92 Å². The third-order valence-corrected chi connectivity index (χ3v) is 1.40. The minimum absolute atomic E-state index is 0.245. The number of amides is 2. The van der Waals surface area contributed by atoms with E-state index in [1.54, 1.807) is 0 Å². The highest BCUT2D eigenvalue weighted by atomic mass is 16.6. The molecule has 1 aliphatic heterocycles. The second kappa shape index (κ2) is 2.39. The van der Waals surface area contributed by atoms with Crippen LogP contribution in [0.5, 0.6) is 0 Å². The van der Waals surface area contributed by atoms with Gasteiger partial charge in [-0.1, -0.05) is 5.21 Å². The van der Waals surface area contributed by atoms with Crippen molar-refractivity contribution >= 4 is 11.9 Å². The van der Waals surface area contributed by atoms with Crippen molar-refractivity contribution in [1.29, 1.82) is 0 Å². The molecule has 0 saturated heterocycles. The Morgan fingerprint density at radius 2 is 1.91 bits per heavy atom. The van der Waals surface area contributed by atoms with Crippen LogP contribution in [0.25, 0.3) is 0 Å². The number of urea groups is 1. The van der Waals surface area contributed by atoms with Gasteiger partial charge in [-0.2, -0.15) is 5.10 Å². The Bertz CT molecular complexity index is 215. The molecular formula is C5H9N4O2. The molecule has 0 aromatic carbocycles. The van der Waals surface area contributed by atoms with Crippen molar-refractivity contribution < 1.29 is 10.0 Å². The van der Waals surface area contributed by atoms with E-state index in [0.717, 1.165) is 10.0 Å². The van der Waals surface area contributed by atoms with Crippen LogP contribution in [0.4, 0.5) is 4.79 Å². The first-order valence-electron chi connectivity index (χ1n) is 3.08. The number of hydrogen-bond donors (Lipinski definition) is 0. The molecule has 0 unspecified atom stereocenters. The molecule has 0 N–H and O–H groups in total. The summed E-state index contributed by atoms with van der Waals surface area (Å²) in [5.74, 6) is 0.245. The Morgan fingerprint density at radius 3 is 2.45 bits per heavy atom. The van der Waals surface area contributed by atoms with Crippen LogP contribution in [-0.4, -0.2) is 41.2 Å². The molecule has 0 atom stereocenters. The number of hydrazine groups is 1. The first-order valence-corrected chi connectivity index (χ1v) is 3.08. The van der Waals surface area contributed by atoms with E-state index in [4.69, 9.17) is 0 Å². The first-order chi connectivity index (χ1) is 5.04. The van der Waals surface area contributed by atoms with Crippen molar-refractivity contribution in [3.63, 3.8) is 0 Å². The lowest BCUT2D eigenvalue weighted by Gasteiger charge is -2.31. The second-order valence-corrected chi connectivity index (χ2v) is 2.25. The summed E-state index contributed by atoms with van der Waals surface area (Å²) in [6, 6.07) is -0.439. The summed E-state index contributed by atoms with van der Waals surface area (Å²) in [5.41, 5.74) is 0. The fourth-order valence-corrected chi connectivity index (χ4v) is 0.802. The fourth-order valence-electron chi connectivity index (χ4n) is 0.802. The van der Waals surface area contributed by atoms with E-state index in [1.807, 2.05) is 0 Å². The molecule has 0 fully saturated rings. The highest BCUT2D eigenvalue weighted by molar-refractivity contribution is 5.86. The van der Waals surface area contributed by atoms with E-state index in [9.17, 15) is 10.0 Å². The van der Waals surface area contributed by atoms with Crippen molar-refractivity contribution in [2.75, 3.05) is 14.1 Å². The van der Waals surface area contributed by atoms with Gasteiger partial charge in [-0.3, -0.25) is 0 Å². The molecular weight excluding hydrogens is 148 g/mol. The molecule has 0 aliphatic carbocycles. The van der Waals surface area contributed by atoms with Gasteiger partial charge in [0.15, 0.2) is 5.84 Å². The molecule has 2 amide bonds. The van der Waals surface area contributed by atoms with E-state index >= 15 is 0 Å². The largest absolute Gasteiger partial charge is 0.360 e. The molecule has 0 aromatic rings. The minimum atomic E-state index is -0.439. The van der Waals surface area contributed by atoms with Crippen molar-refractivity contribution in [2.24, 2.45) is 5.10 Å². The van der Waals surface area contributed by atoms with Gasteiger partial charge in [0.25, 0.3) is 0 Å². The molecule has 0 saturated carbocycles. The van der Waals surface area contributed by atoms with Gasteiger partial charge < -0.3 is 0 Å². The zero-order valence-electron chi connectivity index (χ0n) is 6.61. The number of hydrogen-bond acceptors (Lipinski definition) is 3. The van der Waals surface area contributed by atoms with Crippen LogP contribution in [0.3, 0.4) is 0 Å².